The zero-order valence-electron chi connectivity index (χ0n) is 23.3. The Morgan fingerprint density at radius 2 is 1.95 bits per heavy atom. The summed E-state index contributed by atoms with van der Waals surface area (Å²) >= 11 is 0. The van der Waals surface area contributed by atoms with E-state index in [1.54, 1.807) is 16.5 Å². The number of hydrogen-bond donors (Lipinski definition) is 2. The molecule has 0 spiro atoms. The number of anilines is 1. The lowest BCUT2D eigenvalue weighted by atomic mass is 9.60. The Kier molecular flexibility index (Phi) is 9.60. The molecule has 2 aliphatic rings. The summed E-state index contributed by atoms with van der Waals surface area (Å²) in [5.74, 6) is 0.352. The molecule has 3 N–H and O–H groups in total. The van der Waals surface area contributed by atoms with Crippen LogP contribution < -0.4 is 16.0 Å². The van der Waals surface area contributed by atoms with Crippen molar-refractivity contribution in [2.24, 2.45) is 16.1 Å². The fourth-order valence-electron chi connectivity index (χ4n) is 5.57. The maximum Gasteiger partial charge on any atom is 0.211 e. The van der Waals surface area contributed by atoms with Gasteiger partial charge in [0.25, 0.3) is 0 Å². The number of halogens is 1. The number of hydrogen-bond acceptors (Lipinski definition) is 6. The first kappa shape index (κ1) is 30.1. The largest absolute Gasteiger partial charge is 0.369 e. The smallest absolute Gasteiger partial charge is 0.211 e. The second-order valence-electron chi connectivity index (χ2n) is 11.2. The molecule has 0 radical (unpaired) electrons. The number of allylic oxidation sites excluding steroid dienone is 2. The summed E-state index contributed by atoms with van der Waals surface area (Å²) in [5, 5.41) is 3.48. The lowest BCUT2D eigenvalue weighted by Gasteiger charge is -2.45. The zero-order chi connectivity index (χ0) is 28.1. The Balaban J connectivity index is 1.81. The van der Waals surface area contributed by atoms with Gasteiger partial charge in [-0.3, -0.25) is 4.99 Å². The number of nitrogens with one attached hydrogen (secondary N) is 1. The summed E-state index contributed by atoms with van der Waals surface area (Å²) in [6.07, 6.45) is 6.59. The maximum atomic E-state index is 14.3. The highest BCUT2D eigenvalue weighted by Gasteiger charge is 2.44. The number of piperazine rings is 1. The first-order valence-corrected chi connectivity index (χ1v) is 15.1. The van der Waals surface area contributed by atoms with E-state index in [1.807, 2.05) is 0 Å². The highest BCUT2D eigenvalue weighted by molar-refractivity contribution is 7.88. The van der Waals surface area contributed by atoms with Gasteiger partial charge >= 0.3 is 0 Å². The van der Waals surface area contributed by atoms with Crippen molar-refractivity contribution in [1.82, 2.24) is 9.62 Å². The molecule has 2 atom stereocenters. The summed E-state index contributed by atoms with van der Waals surface area (Å²) in [6.45, 7) is 17.4. The van der Waals surface area contributed by atoms with Gasteiger partial charge in [-0.25, -0.2) is 12.8 Å². The van der Waals surface area contributed by atoms with E-state index in [0.717, 1.165) is 17.9 Å². The first-order valence-electron chi connectivity index (χ1n) is 13.3. The molecule has 210 valence electrons. The van der Waals surface area contributed by atoms with Gasteiger partial charge in [0, 0.05) is 50.4 Å². The van der Waals surface area contributed by atoms with E-state index in [0.29, 0.717) is 57.7 Å². The van der Waals surface area contributed by atoms with Crippen LogP contribution in [0.15, 0.2) is 66.0 Å². The van der Waals surface area contributed by atoms with Gasteiger partial charge < -0.3 is 16.0 Å². The Labute approximate surface area is 228 Å². The summed E-state index contributed by atoms with van der Waals surface area (Å²) in [6, 6.07) is 8.31. The minimum atomic E-state index is -3.17. The highest BCUT2D eigenvalue weighted by Crippen LogP contribution is 2.48. The van der Waals surface area contributed by atoms with Crippen molar-refractivity contribution in [1.29, 1.82) is 0 Å². The molecule has 0 saturated carbocycles. The summed E-state index contributed by atoms with van der Waals surface area (Å²) in [4.78, 5) is 7.15. The second-order valence-corrected chi connectivity index (χ2v) is 13.2. The van der Waals surface area contributed by atoms with E-state index < -0.39 is 15.9 Å². The molecular weight excluding hydrogens is 501 g/mol. The molecule has 0 bridgehead atoms. The molecular formula is C29H44FN5O2S. The number of aliphatic imine (C=N–C) groups is 1. The van der Waals surface area contributed by atoms with Crippen LogP contribution in [-0.2, 0) is 15.4 Å². The Hall–Kier alpha value is -2.49. The van der Waals surface area contributed by atoms with Gasteiger partial charge in [0.05, 0.1) is 18.1 Å². The standard InChI is InChI=1S/C29H44FN5O2S/c1-7-9-25(22(2)30)26(12-14-31)33-27-21-28(3,4)29(5,13-15-32-27)23-10-8-11-24(20-23)34-16-18-35(19-17-34)38(6,36)37/h7-11,20,26H,1-2,12-19,21,31H2,3-6H3,(H,32,33)/b25-9+/t26-,29?/m0/s1. The van der Waals surface area contributed by atoms with Gasteiger partial charge in [-0.15, -0.1) is 0 Å². The van der Waals surface area contributed by atoms with Gasteiger partial charge in [0.15, 0.2) is 0 Å². The van der Waals surface area contributed by atoms with E-state index in [-0.39, 0.29) is 16.9 Å². The van der Waals surface area contributed by atoms with Crippen LogP contribution in [0.5, 0.6) is 0 Å². The van der Waals surface area contributed by atoms with Gasteiger partial charge in [0.1, 0.15) is 5.83 Å². The normalized spacial score (nSPS) is 23.8. The van der Waals surface area contributed by atoms with Gasteiger partial charge in [-0.2, -0.15) is 4.31 Å². The molecule has 1 saturated heterocycles. The third kappa shape index (κ3) is 6.74. The molecule has 2 heterocycles. The van der Waals surface area contributed by atoms with E-state index in [4.69, 9.17) is 10.7 Å². The third-order valence-corrected chi connectivity index (χ3v) is 9.66. The minimum absolute atomic E-state index is 0.161. The molecule has 2 aliphatic heterocycles. The van der Waals surface area contributed by atoms with Gasteiger partial charge in [-0.1, -0.05) is 58.2 Å². The predicted octanol–water partition coefficient (Wildman–Crippen LogP) is 4.15. The van der Waals surface area contributed by atoms with E-state index >= 15 is 0 Å². The molecule has 1 unspecified atom stereocenters. The van der Waals surface area contributed by atoms with E-state index in [9.17, 15) is 12.8 Å². The number of nitrogens with two attached hydrogens (primary N) is 1. The molecule has 3 rings (SSSR count). The van der Waals surface area contributed by atoms with Crippen LogP contribution in [0.2, 0.25) is 0 Å². The molecule has 1 fully saturated rings. The fraction of sp³-hybridized carbons (Fsp3) is 0.552. The molecule has 7 nitrogen and oxygen atoms in total. The zero-order valence-corrected chi connectivity index (χ0v) is 24.2. The lowest BCUT2D eigenvalue weighted by molar-refractivity contribution is 0.180. The van der Waals surface area contributed by atoms with E-state index in [1.165, 1.54) is 11.8 Å². The molecule has 1 aromatic rings. The molecule has 0 aliphatic carbocycles. The van der Waals surface area contributed by atoms with Crippen molar-refractivity contribution in [2.75, 3.05) is 50.4 Å². The summed E-state index contributed by atoms with van der Waals surface area (Å²) < 4.78 is 39.7. The maximum absolute atomic E-state index is 14.3. The summed E-state index contributed by atoms with van der Waals surface area (Å²) in [7, 11) is -3.17. The number of nitrogens with zero attached hydrogens (tertiary/aromatic N) is 3. The van der Waals surface area contributed by atoms with Crippen LogP contribution in [0.25, 0.3) is 0 Å². The molecule has 1 aromatic carbocycles. The molecule has 9 heteroatoms. The second kappa shape index (κ2) is 12.1. The van der Waals surface area contributed by atoms with Crippen molar-refractivity contribution in [2.45, 2.75) is 51.5 Å². The third-order valence-electron chi connectivity index (χ3n) is 8.36. The van der Waals surface area contributed by atoms with Crippen LogP contribution in [0.1, 0.15) is 45.6 Å². The van der Waals surface area contributed by atoms with Gasteiger partial charge in [0.2, 0.25) is 10.0 Å². The van der Waals surface area contributed by atoms with Crippen LogP contribution in [0.3, 0.4) is 0 Å². The average Bonchev–Trinajstić information content (AvgIpc) is 2.97. The van der Waals surface area contributed by atoms with Crippen LogP contribution >= 0.6 is 0 Å². The SMILES string of the molecule is C=C/C=C(\C(=C)F)[C@H](CCN)NC1=NCCC(C)(c2cccc(N3CCN(S(C)(=O)=O)CC3)c2)C(C)(C)C1. The van der Waals surface area contributed by atoms with Crippen LogP contribution in [0, 0.1) is 5.41 Å². The Morgan fingerprint density at radius 1 is 1.26 bits per heavy atom. The average molecular weight is 546 g/mol. The van der Waals surface area contributed by atoms with Crippen LogP contribution in [0.4, 0.5) is 10.1 Å². The van der Waals surface area contributed by atoms with Crippen molar-refractivity contribution in [3.63, 3.8) is 0 Å². The van der Waals surface area contributed by atoms with Crippen molar-refractivity contribution < 1.29 is 12.8 Å². The number of sulfonamides is 1. The quantitative estimate of drug-likeness (QED) is 0.455. The number of amidine groups is 1. The number of benzene rings is 1. The molecule has 0 aromatic heterocycles. The van der Waals surface area contributed by atoms with Crippen molar-refractivity contribution in [3.8, 4) is 0 Å². The molecule has 0 amide bonds. The van der Waals surface area contributed by atoms with E-state index in [2.05, 4.69) is 68.4 Å². The highest BCUT2D eigenvalue weighted by atomic mass is 32.2. The number of rotatable bonds is 9. The summed E-state index contributed by atoms with van der Waals surface area (Å²) in [5.41, 5.74) is 8.32. The monoisotopic (exact) mass is 545 g/mol. The first-order chi connectivity index (χ1) is 17.8. The Morgan fingerprint density at radius 3 is 2.53 bits per heavy atom. The minimum Gasteiger partial charge on any atom is -0.369 e. The Bertz CT molecular complexity index is 1190. The van der Waals surface area contributed by atoms with Crippen LogP contribution in [-0.4, -0.2) is 70.1 Å². The molecule has 38 heavy (non-hydrogen) atoms. The van der Waals surface area contributed by atoms with Crippen molar-refractivity contribution >= 4 is 21.5 Å². The predicted molar refractivity (Wildman–Crippen MR) is 157 cm³/mol. The van der Waals surface area contributed by atoms with Gasteiger partial charge in [-0.05, 0) is 47.9 Å². The lowest BCUT2D eigenvalue weighted by Crippen LogP contribution is -2.48. The topological polar surface area (TPSA) is 91.0 Å². The fourth-order valence-corrected chi connectivity index (χ4v) is 6.40. The van der Waals surface area contributed by atoms with Crippen molar-refractivity contribution in [3.05, 3.63) is 66.5 Å².